The van der Waals surface area contributed by atoms with Gasteiger partial charge < -0.3 is 14.6 Å². The highest BCUT2D eigenvalue weighted by atomic mass is 16.6. The molecule has 0 aliphatic heterocycles. The quantitative estimate of drug-likeness (QED) is 0.242. The highest BCUT2D eigenvalue weighted by Crippen LogP contribution is 2.35. The van der Waals surface area contributed by atoms with Gasteiger partial charge in [-0.3, -0.25) is 0 Å². The van der Waals surface area contributed by atoms with E-state index in [0.29, 0.717) is 22.6 Å². The van der Waals surface area contributed by atoms with Crippen LogP contribution < -0.4 is 9.47 Å². The fraction of sp³-hybridized carbons (Fsp3) is 0.292. The summed E-state index contributed by atoms with van der Waals surface area (Å²) in [5, 5.41) is 9.96. The second-order valence-corrected chi connectivity index (χ2v) is 7.36. The van der Waals surface area contributed by atoms with Gasteiger partial charge >= 0.3 is 5.97 Å². The Morgan fingerprint density at radius 3 is 1.61 bits per heavy atom. The van der Waals surface area contributed by atoms with Crippen LogP contribution in [-0.4, -0.2) is 17.4 Å². The third-order valence-corrected chi connectivity index (χ3v) is 4.45. The average molecular weight is 380 g/mol. The number of carbonyl (C=O) groups is 1. The van der Waals surface area contributed by atoms with Crippen LogP contribution in [0.2, 0.25) is 0 Å². The molecule has 0 heterocycles. The number of aliphatic hydroxyl groups is 1. The van der Waals surface area contributed by atoms with Gasteiger partial charge in [0, 0.05) is 5.57 Å². The van der Waals surface area contributed by atoms with E-state index in [4.69, 9.17) is 9.47 Å². The average Bonchev–Trinajstić information content (AvgIpc) is 2.60. The Morgan fingerprint density at radius 2 is 1.25 bits per heavy atom. The van der Waals surface area contributed by atoms with Gasteiger partial charge in [0.1, 0.15) is 11.5 Å². The van der Waals surface area contributed by atoms with Crippen molar-refractivity contribution in [3.05, 3.63) is 70.8 Å². The largest absolute Gasteiger partial charge is 0.461 e. The lowest BCUT2D eigenvalue weighted by atomic mass is 9.96. The van der Waals surface area contributed by atoms with Crippen molar-refractivity contribution in [1.82, 2.24) is 0 Å². The molecule has 0 amide bonds. The Bertz CT molecular complexity index is 907. The Morgan fingerprint density at radius 1 is 0.857 bits per heavy atom. The predicted octanol–water partition coefficient (Wildman–Crippen LogP) is 5.34. The summed E-state index contributed by atoms with van der Waals surface area (Å²) < 4.78 is 11.1. The van der Waals surface area contributed by atoms with Crippen LogP contribution in [0.25, 0.3) is 11.1 Å². The summed E-state index contributed by atoms with van der Waals surface area (Å²) in [5.41, 5.74) is 6.54. The first-order valence-electron chi connectivity index (χ1n) is 9.12. The van der Waals surface area contributed by atoms with Crippen molar-refractivity contribution in [3.8, 4) is 22.6 Å². The van der Waals surface area contributed by atoms with Gasteiger partial charge in [-0.25, -0.2) is 4.79 Å². The van der Waals surface area contributed by atoms with E-state index in [1.807, 2.05) is 52.0 Å². The number of hydrogen-bond donors (Lipinski definition) is 1. The topological polar surface area (TPSA) is 55.8 Å². The number of carbonyl (C=O) groups excluding carboxylic acids is 1. The molecule has 1 N–H and O–H groups in total. The third-order valence-electron chi connectivity index (χ3n) is 4.45. The monoisotopic (exact) mass is 380 g/mol. The molecule has 0 fully saturated rings. The Hall–Kier alpha value is -2.85. The van der Waals surface area contributed by atoms with Crippen LogP contribution in [0.15, 0.2) is 48.6 Å². The molecule has 1 unspecified atom stereocenters. The molecule has 0 radical (unpaired) electrons. The Labute approximate surface area is 167 Å². The molecule has 148 valence electrons. The van der Waals surface area contributed by atoms with Crippen LogP contribution in [-0.2, 0) is 4.79 Å². The van der Waals surface area contributed by atoms with Gasteiger partial charge in [-0.2, -0.15) is 0 Å². The molecule has 4 heteroatoms. The molecule has 2 aromatic rings. The lowest BCUT2D eigenvalue weighted by Gasteiger charge is -2.19. The van der Waals surface area contributed by atoms with Crippen LogP contribution in [0.1, 0.15) is 36.1 Å². The lowest BCUT2D eigenvalue weighted by Crippen LogP contribution is -2.17. The van der Waals surface area contributed by atoms with Crippen molar-refractivity contribution in [2.75, 3.05) is 0 Å². The van der Waals surface area contributed by atoms with Crippen molar-refractivity contribution in [2.45, 2.75) is 47.8 Å². The number of benzene rings is 2. The first-order valence-corrected chi connectivity index (χ1v) is 9.12. The van der Waals surface area contributed by atoms with Gasteiger partial charge in [0.2, 0.25) is 6.29 Å². The van der Waals surface area contributed by atoms with E-state index >= 15 is 0 Å². The van der Waals surface area contributed by atoms with E-state index in [1.54, 1.807) is 13.8 Å². The van der Waals surface area contributed by atoms with Crippen molar-refractivity contribution in [2.24, 2.45) is 0 Å². The van der Waals surface area contributed by atoms with Crippen LogP contribution >= 0.6 is 0 Å². The standard InChI is InChI=1S/C24H28O4/c1-13(2)23(25)27-21-15(5)9-19(10-16(21)6)20-11-17(7)22(18(8)12-20)28-24(26)14(3)4/h9-12,23,25H,1,3H2,2,4-8H3. The van der Waals surface area contributed by atoms with Gasteiger partial charge in [-0.15, -0.1) is 0 Å². The summed E-state index contributed by atoms with van der Waals surface area (Å²) >= 11 is 0. The van der Waals surface area contributed by atoms with Crippen LogP contribution in [0.5, 0.6) is 11.5 Å². The van der Waals surface area contributed by atoms with E-state index in [-0.39, 0.29) is 0 Å². The second kappa shape index (κ2) is 8.44. The first kappa shape index (κ1) is 21.5. The molecule has 4 nitrogen and oxygen atoms in total. The van der Waals surface area contributed by atoms with Crippen molar-refractivity contribution in [1.29, 1.82) is 0 Å². The summed E-state index contributed by atoms with van der Waals surface area (Å²) in [4.78, 5) is 11.9. The molecular weight excluding hydrogens is 352 g/mol. The second-order valence-electron chi connectivity index (χ2n) is 7.36. The van der Waals surface area contributed by atoms with E-state index in [0.717, 1.165) is 33.4 Å². The Balaban J connectivity index is 2.42. The van der Waals surface area contributed by atoms with Gasteiger partial charge in [-0.05, 0) is 105 Å². The van der Waals surface area contributed by atoms with E-state index in [1.165, 1.54) is 0 Å². The lowest BCUT2D eigenvalue weighted by molar-refractivity contribution is -0.130. The van der Waals surface area contributed by atoms with E-state index < -0.39 is 12.3 Å². The van der Waals surface area contributed by atoms with Gasteiger partial charge in [0.25, 0.3) is 0 Å². The summed E-state index contributed by atoms with van der Waals surface area (Å²) in [6, 6.07) is 8.01. The predicted molar refractivity (Wildman–Crippen MR) is 113 cm³/mol. The van der Waals surface area contributed by atoms with Crippen LogP contribution in [0.3, 0.4) is 0 Å². The third kappa shape index (κ3) is 4.70. The smallest absolute Gasteiger partial charge is 0.338 e. The van der Waals surface area contributed by atoms with Crippen LogP contribution in [0.4, 0.5) is 0 Å². The minimum atomic E-state index is -1.03. The highest BCUT2D eigenvalue weighted by molar-refractivity contribution is 5.89. The molecule has 0 bridgehead atoms. The fourth-order valence-corrected chi connectivity index (χ4v) is 2.97. The van der Waals surface area contributed by atoms with Crippen LogP contribution in [0, 0.1) is 27.7 Å². The Kier molecular flexibility index (Phi) is 6.47. The van der Waals surface area contributed by atoms with E-state index in [2.05, 4.69) is 13.2 Å². The number of aliphatic hydroxyl groups excluding tert-OH is 1. The molecule has 0 aromatic heterocycles. The van der Waals surface area contributed by atoms with Gasteiger partial charge in [0.05, 0.1) is 0 Å². The fourth-order valence-electron chi connectivity index (χ4n) is 2.97. The molecule has 0 spiro atoms. The van der Waals surface area contributed by atoms with Crippen molar-refractivity contribution < 1.29 is 19.4 Å². The zero-order valence-corrected chi connectivity index (χ0v) is 17.5. The summed E-state index contributed by atoms with van der Waals surface area (Å²) in [6.45, 7) is 18.4. The number of aryl methyl sites for hydroxylation is 4. The molecule has 2 aromatic carbocycles. The minimum absolute atomic E-state index is 0.363. The molecule has 2 rings (SSSR count). The van der Waals surface area contributed by atoms with Crippen molar-refractivity contribution >= 4 is 5.97 Å². The summed E-state index contributed by atoms with van der Waals surface area (Å²) in [7, 11) is 0. The number of hydrogen-bond acceptors (Lipinski definition) is 4. The maximum atomic E-state index is 11.9. The molecule has 1 atom stereocenters. The zero-order chi connectivity index (χ0) is 21.2. The molecule has 0 aliphatic carbocycles. The zero-order valence-electron chi connectivity index (χ0n) is 17.5. The minimum Gasteiger partial charge on any atom is -0.461 e. The molecule has 0 saturated heterocycles. The normalized spacial score (nSPS) is 11.7. The SMILES string of the molecule is C=C(C)C(=O)Oc1c(C)cc(-c2cc(C)c(OC(O)C(=C)C)c(C)c2)cc1C. The number of rotatable bonds is 6. The van der Waals surface area contributed by atoms with Gasteiger partial charge in [-0.1, -0.05) is 13.2 Å². The van der Waals surface area contributed by atoms with Gasteiger partial charge in [0.15, 0.2) is 0 Å². The first-order chi connectivity index (χ1) is 13.0. The molecule has 0 aliphatic rings. The summed E-state index contributed by atoms with van der Waals surface area (Å²) in [6.07, 6.45) is -1.03. The number of esters is 1. The van der Waals surface area contributed by atoms with Crippen molar-refractivity contribution in [3.63, 3.8) is 0 Å². The number of ether oxygens (including phenoxy) is 2. The maximum absolute atomic E-state index is 11.9. The summed E-state index contributed by atoms with van der Waals surface area (Å²) in [5.74, 6) is 0.789. The highest BCUT2D eigenvalue weighted by Gasteiger charge is 2.16. The maximum Gasteiger partial charge on any atom is 0.338 e. The van der Waals surface area contributed by atoms with E-state index in [9.17, 15) is 9.90 Å². The molecule has 0 saturated carbocycles. The molecular formula is C24H28O4. The molecule has 28 heavy (non-hydrogen) atoms.